The van der Waals surface area contributed by atoms with E-state index in [1.807, 2.05) is 4.90 Å². The van der Waals surface area contributed by atoms with E-state index in [1.165, 1.54) is 12.1 Å². The number of halogens is 3. The highest BCUT2D eigenvalue weighted by Crippen LogP contribution is 2.30. The zero-order valence-corrected chi connectivity index (χ0v) is 11.1. The molecule has 6 heteroatoms. The second kappa shape index (κ2) is 6.56. The highest BCUT2D eigenvalue weighted by Gasteiger charge is 2.31. The molecule has 1 heterocycles. The van der Waals surface area contributed by atoms with Gasteiger partial charge in [-0.3, -0.25) is 4.90 Å². The molecule has 0 bridgehead atoms. The Morgan fingerprint density at radius 1 is 1.25 bits per heavy atom. The van der Waals surface area contributed by atoms with Crippen LogP contribution in [0.5, 0.6) is 0 Å². The number of ether oxygens (including phenoxy) is 1. The third-order valence-corrected chi connectivity index (χ3v) is 3.34. The first-order chi connectivity index (χ1) is 9.47. The summed E-state index contributed by atoms with van der Waals surface area (Å²) in [4.78, 5) is 2.01. The van der Waals surface area contributed by atoms with Gasteiger partial charge in [0.05, 0.1) is 18.3 Å². The summed E-state index contributed by atoms with van der Waals surface area (Å²) in [5, 5.41) is 10.1. The van der Waals surface area contributed by atoms with Gasteiger partial charge in [0.1, 0.15) is 0 Å². The predicted molar refractivity (Wildman–Crippen MR) is 68.3 cm³/mol. The lowest BCUT2D eigenvalue weighted by Crippen LogP contribution is -2.31. The Hall–Kier alpha value is -1.11. The average molecular weight is 289 g/mol. The lowest BCUT2D eigenvalue weighted by Gasteiger charge is -2.23. The largest absolute Gasteiger partial charge is 0.416 e. The van der Waals surface area contributed by atoms with Crippen molar-refractivity contribution < 1.29 is 23.0 Å². The van der Waals surface area contributed by atoms with Crippen LogP contribution in [-0.4, -0.2) is 42.9 Å². The van der Waals surface area contributed by atoms with Crippen LogP contribution in [0.25, 0.3) is 0 Å². The Balaban J connectivity index is 2.03. The molecule has 1 aromatic carbocycles. The minimum Gasteiger partial charge on any atom is -0.387 e. The van der Waals surface area contributed by atoms with Crippen molar-refractivity contribution in [1.29, 1.82) is 0 Å². The molecule has 1 fully saturated rings. The fourth-order valence-electron chi connectivity index (χ4n) is 2.25. The molecule has 1 aliphatic rings. The topological polar surface area (TPSA) is 32.7 Å². The van der Waals surface area contributed by atoms with Gasteiger partial charge in [-0.1, -0.05) is 12.1 Å². The molecule has 1 unspecified atom stereocenters. The molecular formula is C14H18F3NO2. The van der Waals surface area contributed by atoms with Crippen LogP contribution in [0, 0.1) is 0 Å². The second-order valence-electron chi connectivity index (χ2n) is 4.91. The maximum atomic E-state index is 12.6. The number of hydrogen-bond acceptors (Lipinski definition) is 3. The van der Waals surface area contributed by atoms with Crippen molar-refractivity contribution >= 4 is 0 Å². The standard InChI is InChI=1S/C14H18F3NO2/c15-14(16,17)12-4-1-3-11(9-12)13(19)10-18-5-2-7-20-8-6-18/h1,3-4,9,13,19H,2,5-8,10H2. The van der Waals surface area contributed by atoms with Gasteiger partial charge in [0.15, 0.2) is 0 Å². The summed E-state index contributed by atoms with van der Waals surface area (Å²) >= 11 is 0. The summed E-state index contributed by atoms with van der Waals surface area (Å²) in [7, 11) is 0. The Morgan fingerprint density at radius 2 is 2.05 bits per heavy atom. The summed E-state index contributed by atoms with van der Waals surface area (Å²) in [5.74, 6) is 0. The quantitative estimate of drug-likeness (QED) is 0.928. The smallest absolute Gasteiger partial charge is 0.387 e. The third kappa shape index (κ3) is 4.19. The van der Waals surface area contributed by atoms with Crippen molar-refractivity contribution in [3.05, 3.63) is 35.4 Å². The lowest BCUT2D eigenvalue weighted by molar-refractivity contribution is -0.137. The minimum atomic E-state index is -4.38. The molecule has 1 aromatic rings. The van der Waals surface area contributed by atoms with Gasteiger partial charge in [-0.25, -0.2) is 0 Å². The van der Waals surface area contributed by atoms with Gasteiger partial charge in [-0.2, -0.15) is 13.2 Å². The fraction of sp³-hybridized carbons (Fsp3) is 0.571. The highest BCUT2D eigenvalue weighted by atomic mass is 19.4. The van der Waals surface area contributed by atoms with Gasteiger partial charge in [-0.05, 0) is 24.1 Å². The number of rotatable bonds is 3. The van der Waals surface area contributed by atoms with E-state index in [1.54, 1.807) is 0 Å². The van der Waals surface area contributed by atoms with Crippen LogP contribution >= 0.6 is 0 Å². The Kier molecular flexibility index (Phi) is 5.01. The summed E-state index contributed by atoms with van der Waals surface area (Å²) in [6.07, 6.45) is -4.43. The number of β-amino-alcohol motifs (C(OH)–C–C–N with tert-alkyl or cyclic N) is 1. The van der Waals surface area contributed by atoms with E-state index in [2.05, 4.69) is 0 Å². The van der Waals surface area contributed by atoms with Crippen LogP contribution in [0.2, 0.25) is 0 Å². The zero-order chi connectivity index (χ0) is 14.6. The van der Waals surface area contributed by atoms with E-state index >= 15 is 0 Å². The molecule has 0 aromatic heterocycles. The van der Waals surface area contributed by atoms with Gasteiger partial charge in [0.25, 0.3) is 0 Å². The molecule has 1 N–H and O–H groups in total. The van der Waals surface area contributed by atoms with E-state index in [-0.39, 0.29) is 0 Å². The molecule has 1 saturated heterocycles. The maximum absolute atomic E-state index is 12.6. The van der Waals surface area contributed by atoms with Gasteiger partial charge >= 0.3 is 6.18 Å². The molecule has 3 nitrogen and oxygen atoms in total. The molecule has 20 heavy (non-hydrogen) atoms. The fourth-order valence-corrected chi connectivity index (χ4v) is 2.25. The van der Waals surface area contributed by atoms with Crippen molar-refractivity contribution in [2.24, 2.45) is 0 Å². The Bertz CT molecular complexity index is 429. The first kappa shape index (κ1) is 15.3. The molecule has 0 radical (unpaired) electrons. The van der Waals surface area contributed by atoms with Gasteiger partial charge in [0.2, 0.25) is 0 Å². The summed E-state index contributed by atoms with van der Waals surface area (Å²) in [6.45, 7) is 3.09. The van der Waals surface area contributed by atoms with Crippen LogP contribution in [0.15, 0.2) is 24.3 Å². The number of benzene rings is 1. The van der Waals surface area contributed by atoms with Crippen LogP contribution in [0.1, 0.15) is 23.7 Å². The molecule has 1 atom stereocenters. The Labute approximate surface area is 116 Å². The van der Waals surface area contributed by atoms with E-state index in [4.69, 9.17) is 4.74 Å². The van der Waals surface area contributed by atoms with E-state index in [9.17, 15) is 18.3 Å². The van der Waals surface area contributed by atoms with Crippen LogP contribution in [0.3, 0.4) is 0 Å². The first-order valence-corrected chi connectivity index (χ1v) is 6.62. The van der Waals surface area contributed by atoms with Gasteiger partial charge in [-0.15, -0.1) is 0 Å². The number of nitrogens with zero attached hydrogens (tertiary/aromatic N) is 1. The highest BCUT2D eigenvalue weighted by molar-refractivity contribution is 5.27. The molecule has 1 aliphatic heterocycles. The number of aliphatic hydroxyl groups excluding tert-OH is 1. The molecule has 0 spiro atoms. The summed E-state index contributed by atoms with van der Waals surface area (Å²) in [5.41, 5.74) is -0.432. The molecule has 2 rings (SSSR count). The molecular weight excluding hydrogens is 271 g/mol. The first-order valence-electron chi connectivity index (χ1n) is 6.62. The normalized spacial score (nSPS) is 19.6. The van der Waals surface area contributed by atoms with Crippen LogP contribution in [0.4, 0.5) is 13.2 Å². The Morgan fingerprint density at radius 3 is 2.80 bits per heavy atom. The lowest BCUT2D eigenvalue weighted by atomic mass is 10.1. The number of hydrogen-bond donors (Lipinski definition) is 1. The molecule has 112 valence electrons. The SMILES string of the molecule is OC(CN1CCCOCC1)c1cccc(C(F)(F)F)c1. The second-order valence-corrected chi connectivity index (χ2v) is 4.91. The summed E-state index contributed by atoms with van der Waals surface area (Å²) < 4.78 is 43.2. The zero-order valence-electron chi connectivity index (χ0n) is 11.1. The minimum absolute atomic E-state index is 0.296. The predicted octanol–water partition coefficient (Wildman–Crippen LogP) is 2.46. The summed E-state index contributed by atoms with van der Waals surface area (Å²) in [6, 6.07) is 4.87. The third-order valence-electron chi connectivity index (χ3n) is 3.34. The van der Waals surface area contributed by atoms with Crippen molar-refractivity contribution in [2.45, 2.75) is 18.7 Å². The van der Waals surface area contributed by atoms with Gasteiger partial charge < -0.3 is 9.84 Å². The van der Waals surface area contributed by atoms with E-state index in [0.717, 1.165) is 25.1 Å². The van der Waals surface area contributed by atoms with Crippen LogP contribution in [-0.2, 0) is 10.9 Å². The molecule has 0 saturated carbocycles. The van der Waals surface area contributed by atoms with Crippen molar-refractivity contribution in [2.75, 3.05) is 32.8 Å². The maximum Gasteiger partial charge on any atom is 0.416 e. The van der Waals surface area contributed by atoms with Crippen molar-refractivity contribution in [3.8, 4) is 0 Å². The molecule has 0 amide bonds. The average Bonchev–Trinajstić information content (AvgIpc) is 2.66. The van der Waals surface area contributed by atoms with Crippen LogP contribution < -0.4 is 0 Å². The van der Waals surface area contributed by atoms with Crippen molar-refractivity contribution in [1.82, 2.24) is 4.90 Å². The molecule has 0 aliphatic carbocycles. The van der Waals surface area contributed by atoms with E-state index in [0.29, 0.717) is 31.9 Å². The number of aliphatic hydroxyl groups is 1. The van der Waals surface area contributed by atoms with E-state index < -0.39 is 17.8 Å². The van der Waals surface area contributed by atoms with Crippen molar-refractivity contribution in [3.63, 3.8) is 0 Å². The number of alkyl halides is 3. The monoisotopic (exact) mass is 289 g/mol. The van der Waals surface area contributed by atoms with Gasteiger partial charge in [0, 0.05) is 26.2 Å².